The van der Waals surface area contributed by atoms with Gasteiger partial charge in [0.25, 0.3) is 0 Å². The molecule has 152 valence electrons. The highest BCUT2D eigenvalue weighted by molar-refractivity contribution is 5.80. The second-order valence-corrected chi connectivity index (χ2v) is 7.98. The third-order valence-corrected chi connectivity index (χ3v) is 5.69. The van der Waals surface area contributed by atoms with E-state index in [0.717, 1.165) is 36.8 Å². The Hall–Kier alpha value is -2.09. The van der Waals surface area contributed by atoms with Crippen molar-refractivity contribution in [1.29, 1.82) is 0 Å². The number of nitrogens with one attached hydrogen (secondary N) is 1. The molecule has 0 fully saturated rings. The fourth-order valence-corrected chi connectivity index (χ4v) is 4.02. The van der Waals surface area contributed by atoms with Crippen molar-refractivity contribution in [2.75, 3.05) is 0 Å². The molecule has 0 aliphatic rings. The summed E-state index contributed by atoms with van der Waals surface area (Å²) in [7, 11) is 0. The molecule has 0 aromatic heterocycles. The number of amides is 1. The highest BCUT2D eigenvalue weighted by atomic mass is 16.2. The van der Waals surface area contributed by atoms with Crippen LogP contribution in [0.25, 0.3) is 0 Å². The Bertz CT molecular complexity index is 628. The number of carbonyl (C=O) groups excluding carboxylic acids is 1. The number of hydrogen-bond acceptors (Lipinski definition) is 1. The van der Waals surface area contributed by atoms with Gasteiger partial charge in [-0.05, 0) is 23.5 Å². The highest BCUT2D eigenvalue weighted by Gasteiger charge is 2.27. The van der Waals surface area contributed by atoms with E-state index < -0.39 is 0 Å². The predicted octanol–water partition coefficient (Wildman–Crippen LogP) is 6.92. The van der Waals surface area contributed by atoms with Crippen LogP contribution in [0.1, 0.15) is 82.9 Å². The zero-order valence-corrected chi connectivity index (χ0v) is 17.9. The lowest BCUT2D eigenvalue weighted by atomic mass is 9.84. The van der Waals surface area contributed by atoms with Gasteiger partial charge in [0.15, 0.2) is 0 Å². The number of carbonyl (C=O) groups is 1. The second kappa shape index (κ2) is 12.4. The average molecular weight is 380 g/mol. The van der Waals surface area contributed by atoms with Gasteiger partial charge in [-0.15, -0.1) is 0 Å². The molecule has 0 spiro atoms. The summed E-state index contributed by atoms with van der Waals surface area (Å²) in [6.07, 6.45) is 8.07. The maximum absolute atomic E-state index is 13.4. The van der Waals surface area contributed by atoms with E-state index in [1.54, 1.807) is 0 Å². The third-order valence-electron chi connectivity index (χ3n) is 5.69. The van der Waals surface area contributed by atoms with Gasteiger partial charge in [-0.25, -0.2) is 0 Å². The van der Waals surface area contributed by atoms with Gasteiger partial charge in [-0.3, -0.25) is 4.79 Å². The van der Waals surface area contributed by atoms with Crippen molar-refractivity contribution in [3.05, 3.63) is 71.8 Å². The molecule has 0 aliphatic heterocycles. The minimum Gasteiger partial charge on any atom is -0.345 e. The molecule has 2 aromatic rings. The highest BCUT2D eigenvalue weighted by Crippen LogP contribution is 2.27. The lowest BCUT2D eigenvalue weighted by Gasteiger charge is -2.27. The number of unbranched alkanes of at least 4 members (excludes halogenated alkanes) is 3. The van der Waals surface area contributed by atoms with Crippen LogP contribution in [-0.4, -0.2) is 5.91 Å². The normalized spacial score (nSPS) is 13.3. The molecule has 2 nitrogen and oxygen atoms in total. The van der Waals surface area contributed by atoms with Crippen LogP contribution in [0, 0.1) is 11.8 Å². The molecule has 2 rings (SSSR count). The number of rotatable bonds is 12. The summed E-state index contributed by atoms with van der Waals surface area (Å²) in [6.45, 7) is 6.68. The molecule has 1 unspecified atom stereocenters. The van der Waals surface area contributed by atoms with Gasteiger partial charge in [0.05, 0.1) is 6.04 Å². The van der Waals surface area contributed by atoms with Gasteiger partial charge in [0.1, 0.15) is 0 Å². The van der Waals surface area contributed by atoms with Crippen LogP contribution in [0.15, 0.2) is 60.7 Å². The van der Waals surface area contributed by atoms with Gasteiger partial charge >= 0.3 is 0 Å². The Labute approximate surface area is 171 Å². The topological polar surface area (TPSA) is 29.1 Å². The van der Waals surface area contributed by atoms with Crippen LogP contribution in [-0.2, 0) is 4.79 Å². The number of benzene rings is 2. The van der Waals surface area contributed by atoms with E-state index >= 15 is 0 Å². The summed E-state index contributed by atoms with van der Waals surface area (Å²) < 4.78 is 0. The fraction of sp³-hybridized carbons (Fsp3) is 0.500. The zero-order chi connectivity index (χ0) is 20.2. The van der Waals surface area contributed by atoms with E-state index in [-0.39, 0.29) is 17.9 Å². The van der Waals surface area contributed by atoms with Gasteiger partial charge < -0.3 is 5.32 Å². The summed E-state index contributed by atoms with van der Waals surface area (Å²) in [6, 6.07) is 20.5. The molecule has 2 atom stereocenters. The molecule has 0 saturated heterocycles. The lowest BCUT2D eigenvalue weighted by Crippen LogP contribution is -2.37. The summed E-state index contributed by atoms with van der Waals surface area (Å²) in [4.78, 5) is 13.4. The van der Waals surface area contributed by atoms with Crippen LogP contribution in [0.2, 0.25) is 0 Å². The van der Waals surface area contributed by atoms with Crippen molar-refractivity contribution >= 4 is 5.91 Å². The van der Waals surface area contributed by atoms with Gasteiger partial charge in [0, 0.05) is 5.92 Å². The molecule has 0 heterocycles. The smallest absolute Gasteiger partial charge is 0.224 e. The van der Waals surface area contributed by atoms with E-state index in [2.05, 4.69) is 50.4 Å². The fourth-order valence-electron chi connectivity index (χ4n) is 4.02. The largest absolute Gasteiger partial charge is 0.345 e. The van der Waals surface area contributed by atoms with Crippen LogP contribution in [0.4, 0.5) is 0 Å². The van der Waals surface area contributed by atoms with Crippen molar-refractivity contribution in [2.24, 2.45) is 11.8 Å². The van der Waals surface area contributed by atoms with Crippen molar-refractivity contribution in [1.82, 2.24) is 5.32 Å². The molecule has 1 N–H and O–H groups in total. The Morgan fingerprint density at radius 3 is 1.86 bits per heavy atom. The SMILES string of the molecule is CCCCCCC(C(=O)NC(c1ccccc1)c1ccccc1)[C@H](C)CCC. The average Bonchev–Trinajstić information content (AvgIpc) is 2.73. The van der Waals surface area contributed by atoms with Crippen LogP contribution in [0.5, 0.6) is 0 Å². The van der Waals surface area contributed by atoms with Gasteiger partial charge in [-0.2, -0.15) is 0 Å². The molecule has 0 bridgehead atoms. The molecule has 2 heteroatoms. The minimum absolute atomic E-state index is 0.0896. The van der Waals surface area contributed by atoms with Crippen molar-refractivity contribution in [2.45, 2.75) is 71.8 Å². The van der Waals surface area contributed by atoms with E-state index in [1.807, 2.05) is 36.4 Å². The predicted molar refractivity (Wildman–Crippen MR) is 119 cm³/mol. The van der Waals surface area contributed by atoms with Crippen molar-refractivity contribution in [3.63, 3.8) is 0 Å². The third kappa shape index (κ3) is 6.82. The molecule has 0 saturated carbocycles. The summed E-state index contributed by atoms with van der Waals surface area (Å²) in [5, 5.41) is 3.39. The standard InChI is InChI=1S/C26H37NO/c1-4-6-7-14-20-24(21(3)15-5-2)26(28)27-25(22-16-10-8-11-17-22)23-18-12-9-13-19-23/h8-13,16-19,21,24-25H,4-7,14-15,20H2,1-3H3,(H,27,28)/t21-,24?/m1/s1. The molecular formula is C26H37NO. The Morgan fingerprint density at radius 2 is 1.36 bits per heavy atom. The van der Waals surface area contributed by atoms with Crippen LogP contribution in [0.3, 0.4) is 0 Å². The second-order valence-electron chi connectivity index (χ2n) is 7.98. The molecule has 28 heavy (non-hydrogen) atoms. The van der Waals surface area contributed by atoms with E-state index in [0.29, 0.717) is 5.92 Å². The van der Waals surface area contributed by atoms with Crippen LogP contribution < -0.4 is 5.32 Å². The summed E-state index contributed by atoms with van der Waals surface area (Å²) in [5.74, 6) is 0.709. The molecule has 2 aromatic carbocycles. The molecule has 1 amide bonds. The van der Waals surface area contributed by atoms with E-state index in [4.69, 9.17) is 0 Å². The van der Waals surface area contributed by atoms with Gasteiger partial charge in [-0.1, -0.05) is 120 Å². The maximum Gasteiger partial charge on any atom is 0.224 e. The molecule has 0 aliphatic carbocycles. The first-order valence-electron chi connectivity index (χ1n) is 11.1. The Morgan fingerprint density at radius 1 is 0.786 bits per heavy atom. The van der Waals surface area contributed by atoms with Crippen molar-refractivity contribution in [3.8, 4) is 0 Å². The monoisotopic (exact) mass is 379 g/mol. The minimum atomic E-state index is -0.0955. The first kappa shape index (κ1) is 22.2. The van der Waals surface area contributed by atoms with Crippen molar-refractivity contribution < 1.29 is 4.79 Å². The van der Waals surface area contributed by atoms with Gasteiger partial charge in [0.2, 0.25) is 5.91 Å². The number of hydrogen-bond donors (Lipinski definition) is 1. The zero-order valence-electron chi connectivity index (χ0n) is 17.9. The maximum atomic E-state index is 13.4. The van der Waals surface area contributed by atoms with Crippen LogP contribution >= 0.6 is 0 Å². The molecule has 0 radical (unpaired) electrons. The Balaban J connectivity index is 2.18. The summed E-state index contributed by atoms with van der Waals surface area (Å²) >= 11 is 0. The molecular weight excluding hydrogens is 342 g/mol. The first-order chi connectivity index (χ1) is 13.7. The summed E-state index contributed by atoms with van der Waals surface area (Å²) in [5.41, 5.74) is 2.27. The van der Waals surface area contributed by atoms with E-state index in [1.165, 1.54) is 19.3 Å². The quantitative estimate of drug-likeness (QED) is 0.399. The first-order valence-corrected chi connectivity index (χ1v) is 11.1. The Kier molecular flexibility index (Phi) is 9.82. The lowest BCUT2D eigenvalue weighted by molar-refractivity contribution is -0.127. The van der Waals surface area contributed by atoms with E-state index in [9.17, 15) is 4.79 Å².